The molecule has 0 aliphatic carbocycles. The van der Waals surface area contributed by atoms with Crippen molar-refractivity contribution < 1.29 is 14.3 Å². The summed E-state index contributed by atoms with van der Waals surface area (Å²) in [6.07, 6.45) is 2.32. The number of hydrogen-bond acceptors (Lipinski definition) is 4. The maximum absolute atomic E-state index is 12.1. The van der Waals surface area contributed by atoms with Gasteiger partial charge in [0.2, 0.25) is 0 Å². The highest BCUT2D eigenvalue weighted by Gasteiger charge is 2.17. The fraction of sp³-hybridized carbons (Fsp3) is 0.588. The second-order valence-electron chi connectivity index (χ2n) is 5.20. The summed E-state index contributed by atoms with van der Waals surface area (Å²) < 4.78 is 11.2. The lowest BCUT2D eigenvalue weighted by atomic mass is 10.2. The summed E-state index contributed by atoms with van der Waals surface area (Å²) in [5.74, 6) is 1.60. The zero-order valence-electron chi connectivity index (χ0n) is 13.2. The van der Waals surface area contributed by atoms with E-state index < -0.39 is 0 Å². The van der Waals surface area contributed by atoms with Gasteiger partial charge >= 0.3 is 5.97 Å². The van der Waals surface area contributed by atoms with Gasteiger partial charge in [0.1, 0.15) is 6.10 Å². The van der Waals surface area contributed by atoms with Crippen LogP contribution >= 0.6 is 11.8 Å². The van der Waals surface area contributed by atoms with E-state index in [1.54, 1.807) is 12.1 Å². The predicted octanol–water partition coefficient (Wildman–Crippen LogP) is 4.17. The van der Waals surface area contributed by atoms with Gasteiger partial charge in [-0.3, -0.25) is 0 Å². The lowest BCUT2D eigenvalue weighted by Crippen LogP contribution is -2.27. The van der Waals surface area contributed by atoms with Crippen LogP contribution in [0.15, 0.2) is 30.3 Å². The minimum absolute atomic E-state index is 0.142. The van der Waals surface area contributed by atoms with Crippen LogP contribution in [0.2, 0.25) is 0 Å². The molecule has 0 aliphatic heterocycles. The van der Waals surface area contributed by atoms with E-state index >= 15 is 0 Å². The van der Waals surface area contributed by atoms with Gasteiger partial charge in [-0.25, -0.2) is 4.79 Å². The van der Waals surface area contributed by atoms with Crippen LogP contribution in [0.1, 0.15) is 44.0 Å². The molecule has 0 aromatic heterocycles. The van der Waals surface area contributed by atoms with E-state index in [4.69, 9.17) is 9.47 Å². The first-order valence-corrected chi connectivity index (χ1v) is 8.74. The van der Waals surface area contributed by atoms with Crippen LogP contribution in [-0.2, 0) is 9.47 Å². The van der Waals surface area contributed by atoms with E-state index in [1.807, 2.05) is 43.8 Å². The van der Waals surface area contributed by atoms with Gasteiger partial charge in [-0.1, -0.05) is 31.5 Å². The van der Waals surface area contributed by atoms with Crippen molar-refractivity contribution in [3.05, 3.63) is 35.9 Å². The van der Waals surface area contributed by atoms with E-state index in [9.17, 15) is 4.79 Å². The normalized spacial score (nSPS) is 12.4. The third kappa shape index (κ3) is 8.12. The Balaban J connectivity index is 2.48. The number of thioether (sulfide) groups is 1. The number of esters is 1. The zero-order valence-corrected chi connectivity index (χ0v) is 14.0. The monoisotopic (exact) mass is 310 g/mol. The molecule has 0 saturated heterocycles. The summed E-state index contributed by atoms with van der Waals surface area (Å²) in [5.41, 5.74) is 0.589. The fourth-order valence-electron chi connectivity index (χ4n) is 1.67. The average molecular weight is 310 g/mol. The van der Waals surface area contributed by atoms with Gasteiger partial charge in [0.15, 0.2) is 0 Å². The molecule has 0 aliphatic rings. The van der Waals surface area contributed by atoms with Crippen molar-refractivity contribution in [1.82, 2.24) is 0 Å². The molecule has 0 amide bonds. The standard InChI is InChI=1S/C17H26O3S/c1-4-5-11-21-13-16(12-19-14(2)3)20-17(18)15-9-7-6-8-10-15/h6-10,14,16H,4-5,11-13H2,1-3H3/t16-/m1/s1. The molecule has 0 heterocycles. The molecule has 3 nitrogen and oxygen atoms in total. The first kappa shape index (κ1) is 18.1. The summed E-state index contributed by atoms with van der Waals surface area (Å²) in [6.45, 7) is 6.60. The molecule has 0 spiro atoms. The van der Waals surface area contributed by atoms with Crippen LogP contribution < -0.4 is 0 Å². The third-order valence-electron chi connectivity index (χ3n) is 2.84. The second-order valence-corrected chi connectivity index (χ2v) is 6.35. The summed E-state index contributed by atoms with van der Waals surface area (Å²) in [6, 6.07) is 9.11. The molecular formula is C17H26O3S. The first-order valence-electron chi connectivity index (χ1n) is 7.58. The Morgan fingerprint density at radius 2 is 1.95 bits per heavy atom. The van der Waals surface area contributed by atoms with Crippen molar-refractivity contribution in [3.8, 4) is 0 Å². The Bertz CT molecular complexity index is 392. The van der Waals surface area contributed by atoms with Crippen molar-refractivity contribution in [2.24, 2.45) is 0 Å². The van der Waals surface area contributed by atoms with E-state index in [0.29, 0.717) is 12.2 Å². The summed E-state index contributed by atoms with van der Waals surface area (Å²) in [7, 11) is 0. The maximum atomic E-state index is 12.1. The number of carbonyl (C=O) groups is 1. The van der Waals surface area contributed by atoms with Crippen molar-refractivity contribution in [1.29, 1.82) is 0 Å². The number of rotatable bonds is 10. The van der Waals surface area contributed by atoms with Crippen molar-refractivity contribution >= 4 is 17.7 Å². The summed E-state index contributed by atoms with van der Waals surface area (Å²) >= 11 is 1.82. The maximum Gasteiger partial charge on any atom is 0.338 e. The molecule has 4 heteroatoms. The molecule has 1 atom stereocenters. The number of carbonyl (C=O) groups excluding carboxylic acids is 1. The smallest absolute Gasteiger partial charge is 0.338 e. The minimum Gasteiger partial charge on any atom is -0.455 e. The second kappa shape index (κ2) is 10.7. The van der Waals surface area contributed by atoms with E-state index in [-0.39, 0.29) is 18.2 Å². The number of ether oxygens (including phenoxy) is 2. The predicted molar refractivity (Wildman–Crippen MR) is 89.0 cm³/mol. The van der Waals surface area contributed by atoms with Crippen molar-refractivity contribution in [3.63, 3.8) is 0 Å². The molecule has 0 unspecified atom stereocenters. The fourth-order valence-corrected chi connectivity index (χ4v) is 2.76. The summed E-state index contributed by atoms with van der Waals surface area (Å²) in [4.78, 5) is 12.1. The molecule has 1 rings (SSSR count). The minimum atomic E-state index is -0.274. The Kier molecular flexibility index (Phi) is 9.19. The number of hydrogen-bond donors (Lipinski definition) is 0. The van der Waals surface area contributed by atoms with Crippen LogP contribution in [0.3, 0.4) is 0 Å². The third-order valence-corrected chi connectivity index (χ3v) is 4.03. The molecule has 0 fully saturated rings. The lowest BCUT2D eigenvalue weighted by Gasteiger charge is -2.19. The zero-order chi connectivity index (χ0) is 15.5. The van der Waals surface area contributed by atoms with Crippen LogP contribution in [-0.4, -0.2) is 36.3 Å². The van der Waals surface area contributed by atoms with Gasteiger partial charge < -0.3 is 9.47 Å². The van der Waals surface area contributed by atoms with E-state index in [1.165, 1.54) is 12.8 Å². The molecule has 0 saturated carbocycles. The van der Waals surface area contributed by atoms with Gasteiger partial charge in [-0.05, 0) is 38.2 Å². The molecule has 118 valence electrons. The van der Waals surface area contributed by atoms with Gasteiger partial charge in [-0.2, -0.15) is 11.8 Å². The van der Waals surface area contributed by atoms with Crippen LogP contribution in [0.25, 0.3) is 0 Å². The molecule has 0 bridgehead atoms. The molecule has 1 aromatic rings. The van der Waals surface area contributed by atoms with E-state index in [0.717, 1.165) is 11.5 Å². The summed E-state index contributed by atoms with van der Waals surface area (Å²) in [5, 5.41) is 0. The molecule has 0 radical (unpaired) electrons. The molecular weight excluding hydrogens is 284 g/mol. The highest BCUT2D eigenvalue weighted by Crippen LogP contribution is 2.12. The van der Waals surface area contributed by atoms with Gasteiger partial charge in [0, 0.05) is 5.75 Å². The Labute approximate surface area is 132 Å². The van der Waals surface area contributed by atoms with E-state index in [2.05, 4.69) is 6.92 Å². The van der Waals surface area contributed by atoms with Gasteiger partial charge in [0.05, 0.1) is 18.3 Å². The van der Waals surface area contributed by atoms with Crippen molar-refractivity contribution in [2.45, 2.75) is 45.8 Å². The number of unbranched alkanes of at least 4 members (excludes halogenated alkanes) is 1. The largest absolute Gasteiger partial charge is 0.455 e. The van der Waals surface area contributed by atoms with Gasteiger partial charge in [0.25, 0.3) is 0 Å². The van der Waals surface area contributed by atoms with Gasteiger partial charge in [-0.15, -0.1) is 0 Å². The molecule has 21 heavy (non-hydrogen) atoms. The highest BCUT2D eigenvalue weighted by molar-refractivity contribution is 7.99. The SMILES string of the molecule is CCCCSC[C@@H](COC(C)C)OC(=O)c1ccccc1. The lowest BCUT2D eigenvalue weighted by molar-refractivity contribution is -0.0119. The number of benzene rings is 1. The quantitative estimate of drug-likeness (QED) is 0.480. The highest BCUT2D eigenvalue weighted by atomic mass is 32.2. The Morgan fingerprint density at radius 3 is 2.57 bits per heavy atom. The Hall–Kier alpha value is -1.00. The topological polar surface area (TPSA) is 35.5 Å². The first-order chi connectivity index (χ1) is 10.1. The van der Waals surface area contributed by atoms with Crippen LogP contribution in [0.4, 0.5) is 0 Å². The average Bonchev–Trinajstić information content (AvgIpc) is 2.49. The molecule has 1 aromatic carbocycles. The van der Waals surface area contributed by atoms with Crippen LogP contribution in [0, 0.1) is 0 Å². The van der Waals surface area contributed by atoms with Crippen molar-refractivity contribution in [2.75, 3.05) is 18.1 Å². The van der Waals surface area contributed by atoms with Crippen LogP contribution in [0.5, 0.6) is 0 Å². The Morgan fingerprint density at radius 1 is 1.24 bits per heavy atom. The molecule has 0 N–H and O–H groups in total.